The molecule has 174 valence electrons. The van der Waals surface area contributed by atoms with E-state index in [9.17, 15) is 18.0 Å². The molecule has 2 aromatic rings. The number of hydrogen-bond acceptors (Lipinski definition) is 6. The van der Waals surface area contributed by atoms with Gasteiger partial charge in [-0.05, 0) is 57.4 Å². The smallest absolute Gasteiger partial charge is 0.478 e. The maximum atomic E-state index is 12.6. The van der Waals surface area contributed by atoms with Gasteiger partial charge < -0.3 is 14.5 Å². The van der Waals surface area contributed by atoms with Crippen LogP contribution in [0.3, 0.4) is 0 Å². The highest BCUT2D eigenvalue weighted by Gasteiger charge is 2.42. The second kappa shape index (κ2) is 9.50. The molecule has 32 heavy (non-hydrogen) atoms. The van der Waals surface area contributed by atoms with E-state index < -0.39 is 18.1 Å². The summed E-state index contributed by atoms with van der Waals surface area (Å²) < 4.78 is 51.8. The molecular weight excluding hydrogens is 451 g/mol. The second-order valence-electron chi connectivity index (χ2n) is 8.01. The SMILES string of the molecule is C=C(CCc1nnc([C@H]2C[C@@H](OC(F)(F)F)C2)o1)NC(=O)C(C)(C)Oc1ccc(Cl)cc1. The zero-order valence-corrected chi connectivity index (χ0v) is 18.3. The second-order valence-corrected chi connectivity index (χ2v) is 8.45. The van der Waals surface area contributed by atoms with Crippen LogP contribution in [-0.4, -0.2) is 34.2 Å². The molecule has 11 heteroatoms. The molecule has 1 aliphatic rings. The predicted octanol–water partition coefficient (Wildman–Crippen LogP) is 4.93. The summed E-state index contributed by atoms with van der Waals surface area (Å²) in [5.74, 6) is 0.463. The summed E-state index contributed by atoms with van der Waals surface area (Å²) in [6, 6.07) is 6.66. The Kier molecular flexibility index (Phi) is 7.14. The number of nitrogens with zero attached hydrogens (tertiary/aromatic N) is 2. The largest absolute Gasteiger partial charge is 0.522 e. The molecule has 0 radical (unpaired) electrons. The summed E-state index contributed by atoms with van der Waals surface area (Å²) >= 11 is 5.85. The summed E-state index contributed by atoms with van der Waals surface area (Å²) in [6.45, 7) is 7.09. The minimum absolute atomic E-state index is 0.173. The van der Waals surface area contributed by atoms with Crippen molar-refractivity contribution in [1.29, 1.82) is 0 Å². The van der Waals surface area contributed by atoms with Crippen LogP contribution in [0, 0.1) is 0 Å². The lowest BCUT2D eigenvalue weighted by Gasteiger charge is -2.32. The van der Waals surface area contributed by atoms with Gasteiger partial charge in [0.25, 0.3) is 5.91 Å². The number of aryl methyl sites for hydroxylation is 1. The van der Waals surface area contributed by atoms with Crippen molar-refractivity contribution in [3.8, 4) is 5.75 Å². The summed E-state index contributed by atoms with van der Waals surface area (Å²) in [4.78, 5) is 12.6. The average Bonchev–Trinajstić information content (AvgIpc) is 3.12. The Labute approximate surface area is 187 Å². The first-order valence-electron chi connectivity index (χ1n) is 9.92. The highest BCUT2D eigenvalue weighted by atomic mass is 35.5. The summed E-state index contributed by atoms with van der Waals surface area (Å²) in [7, 11) is 0. The third kappa shape index (κ3) is 6.70. The lowest BCUT2D eigenvalue weighted by molar-refractivity contribution is -0.352. The van der Waals surface area contributed by atoms with Crippen molar-refractivity contribution in [1.82, 2.24) is 15.5 Å². The molecule has 1 aromatic heterocycles. The Hall–Kier alpha value is -2.59. The lowest BCUT2D eigenvalue weighted by atomic mass is 9.82. The Morgan fingerprint density at radius 1 is 1.25 bits per heavy atom. The molecule has 3 rings (SSSR count). The van der Waals surface area contributed by atoms with Gasteiger partial charge in [-0.3, -0.25) is 9.53 Å². The number of benzene rings is 1. The quantitative estimate of drug-likeness (QED) is 0.556. The van der Waals surface area contributed by atoms with Crippen LogP contribution in [0.4, 0.5) is 13.2 Å². The number of aromatic nitrogens is 2. The number of amides is 1. The molecule has 7 nitrogen and oxygen atoms in total. The van der Waals surface area contributed by atoms with Crippen LogP contribution in [0.2, 0.25) is 5.02 Å². The number of alkyl halides is 3. The van der Waals surface area contributed by atoms with Gasteiger partial charge in [0.15, 0.2) is 5.60 Å². The summed E-state index contributed by atoms with van der Waals surface area (Å²) in [5, 5.41) is 11.1. The van der Waals surface area contributed by atoms with E-state index >= 15 is 0 Å². The number of nitrogens with one attached hydrogen (secondary N) is 1. The first-order valence-corrected chi connectivity index (χ1v) is 10.3. The molecule has 1 N–H and O–H groups in total. The molecule has 0 saturated heterocycles. The van der Waals surface area contributed by atoms with Crippen LogP contribution in [0.15, 0.2) is 41.0 Å². The Morgan fingerprint density at radius 3 is 2.53 bits per heavy atom. The van der Waals surface area contributed by atoms with Gasteiger partial charge in [-0.25, -0.2) is 0 Å². The number of hydrogen-bond donors (Lipinski definition) is 1. The maximum Gasteiger partial charge on any atom is 0.522 e. The Balaban J connectivity index is 1.43. The molecule has 1 amide bonds. The van der Waals surface area contributed by atoms with E-state index in [4.69, 9.17) is 20.8 Å². The van der Waals surface area contributed by atoms with Gasteiger partial charge in [-0.1, -0.05) is 18.2 Å². The monoisotopic (exact) mass is 473 g/mol. The molecule has 0 bridgehead atoms. The van der Waals surface area contributed by atoms with Gasteiger partial charge in [0, 0.05) is 23.1 Å². The van der Waals surface area contributed by atoms with E-state index in [2.05, 4.69) is 26.8 Å². The molecule has 1 saturated carbocycles. The first-order chi connectivity index (χ1) is 14.9. The number of rotatable bonds is 9. The molecule has 0 spiro atoms. The fraction of sp³-hybridized carbons (Fsp3) is 0.476. The topological polar surface area (TPSA) is 86.5 Å². The number of ether oxygens (including phenoxy) is 2. The van der Waals surface area contributed by atoms with E-state index in [-0.39, 0.29) is 30.6 Å². The normalized spacial score (nSPS) is 18.7. The van der Waals surface area contributed by atoms with E-state index in [0.29, 0.717) is 35.2 Å². The average molecular weight is 474 g/mol. The Bertz CT molecular complexity index is 954. The number of halogens is 4. The van der Waals surface area contributed by atoms with Crippen molar-refractivity contribution in [3.63, 3.8) is 0 Å². The molecule has 1 heterocycles. The highest BCUT2D eigenvalue weighted by Crippen LogP contribution is 2.40. The highest BCUT2D eigenvalue weighted by molar-refractivity contribution is 6.30. The summed E-state index contributed by atoms with van der Waals surface area (Å²) in [6.07, 6.45) is -4.52. The third-order valence-corrected chi connectivity index (χ3v) is 5.14. The molecule has 1 aromatic carbocycles. The number of carbonyl (C=O) groups excluding carboxylic acids is 1. The lowest BCUT2D eigenvalue weighted by Crippen LogP contribution is -2.46. The van der Waals surface area contributed by atoms with Gasteiger partial charge in [-0.15, -0.1) is 23.4 Å². The van der Waals surface area contributed by atoms with Crippen LogP contribution in [0.25, 0.3) is 0 Å². The van der Waals surface area contributed by atoms with Crippen LogP contribution in [-0.2, 0) is 16.0 Å². The van der Waals surface area contributed by atoms with E-state index in [1.807, 2.05) is 0 Å². The van der Waals surface area contributed by atoms with Crippen molar-refractivity contribution < 1.29 is 31.9 Å². The maximum absolute atomic E-state index is 12.6. The van der Waals surface area contributed by atoms with Crippen molar-refractivity contribution in [3.05, 3.63) is 53.3 Å². The summed E-state index contributed by atoms with van der Waals surface area (Å²) in [5.41, 5.74) is -0.724. The van der Waals surface area contributed by atoms with Crippen LogP contribution < -0.4 is 10.1 Å². The van der Waals surface area contributed by atoms with E-state index in [1.54, 1.807) is 38.1 Å². The van der Waals surface area contributed by atoms with Gasteiger partial charge in [-0.2, -0.15) is 0 Å². The molecule has 0 unspecified atom stereocenters. The fourth-order valence-electron chi connectivity index (χ4n) is 3.06. The zero-order chi connectivity index (χ0) is 23.5. The van der Waals surface area contributed by atoms with Crippen LogP contribution >= 0.6 is 11.6 Å². The predicted molar refractivity (Wildman–Crippen MR) is 109 cm³/mol. The number of allylic oxidation sites excluding steroid dienone is 1. The van der Waals surface area contributed by atoms with Crippen molar-refractivity contribution in [2.75, 3.05) is 0 Å². The molecular formula is C21H23ClF3N3O4. The fourth-order valence-corrected chi connectivity index (χ4v) is 3.19. The minimum atomic E-state index is -4.64. The van der Waals surface area contributed by atoms with E-state index in [0.717, 1.165) is 0 Å². The van der Waals surface area contributed by atoms with Gasteiger partial charge in [0.2, 0.25) is 11.8 Å². The van der Waals surface area contributed by atoms with Crippen molar-refractivity contribution >= 4 is 17.5 Å². The first kappa shape index (κ1) is 24.1. The molecule has 0 aliphatic heterocycles. The zero-order valence-electron chi connectivity index (χ0n) is 17.5. The van der Waals surface area contributed by atoms with Crippen molar-refractivity contribution in [2.24, 2.45) is 0 Å². The van der Waals surface area contributed by atoms with Crippen molar-refractivity contribution in [2.45, 2.75) is 63.5 Å². The van der Waals surface area contributed by atoms with E-state index in [1.165, 1.54) is 0 Å². The van der Waals surface area contributed by atoms with Gasteiger partial charge in [0.1, 0.15) is 5.75 Å². The van der Waals surface area contributed by atoms with Crippen LogP contribution in [0.1, 0.15) is 50.8 Å². The van der Waals surface area contributed by atoms with Gasteiger partial charge in [0.05, 0.1) is 6.10 Å². The minimum Gasteiger partial charge on any atom is -0.478 e. The molecule has 1 fully saturated rings. The Morgan fingerprint density at radius 2 is 1.91 bits per heavy atom. The van der Waals surface area contributed by atoms with Gasteiger partial charge >= 0.3 is 6.36 Å². The third-order valence-electron chi connectivity index (χ3n) is 4.89. The number of carbonyl (C=O) groups is 1. The van der Waals surface area contributed by atoms with Crippen LogP contribution in [0.5, 0.6) is 5.75 Å². The standard InChI is InChI=1S/C21H23ClF3N3O4/c1-12(26-19(29)20(2,3)31-15-7-5-14(22)6-8-15)4-9-17-27-28-18(30-17)13-10-16(11-13)32-21(23,24)25/h5-8,13,16H,1,4,9-11H2,2-3H3,(H,26,29)/t13-,16+. The molecule has 1 aliphatic carbocycles. The molecule has 0 atom stereocenters.